The predicted molar refractivity (Wildman–Crippen MR) is 63.3 cm³/mol. The van der Waals surface area contributed by atoms with E-state index in [2.05, 4.69) is 15.3 Å². The summed E-state index contributed by atoms with van der Waals surface area (Å²) in [6.07, 6.45) is 4.90. The van der Waals surface area contributed by atoms with Gasteiger partial charge in [-0.1, -0.05) is 0 Å². The molecule has 1 aromatic heterocycles. The van der Waals surface area contributed by atoms with Crippen molar-refractivity contribution >= 4 is 0 Å². The van der Waals surface area contributed by atoms with Gasteiger partial charge in [-0.05, 0) is 37.3 Å². The lowest BCUT2D eigenvalue weighted by Crippen LogP contribution is -2.35. The minimum absolute atomic E-state index is 0.116. The molecule has 2 fully saturated rings. The fraction of sp³-hybridized carbons (Fsp3) is 0.667. The van der Waals surface area contributed by atoms with Crippen molar-refractivity contribution < 1.29 is 5.11 Å². The first-order valence-electron chi connectivity index (χ1n) is 6.20. The molecule has 1 aromatic rings. The summed E-state index contributed by atoms with van der Waals surface area (Å²) in [6.45, 7) is 2.16. The summed E-state index contributed by atoms with van der Waals surface area (Å²) < 4.78 is 0. The quantitative estimate of drug-likeness (QED) is 0.666. The molecule has 92 valence electrons. The van der Waals surface area contributed by atoms with Crippen LogP contribution in [0.15, 0.2) is 12.4 Å². The standard InChI is InChI=1S/C12H18N4O/c13-12-7(1-8-3-14-6-10(8)12)2-11-15-4-9(17)5-16-11/h4-5,7-8,10,12,14,17H,1-3,6,13H2/t7?,8-,10+,12-/m1/s1. The molecule has 4 N–H and O–H groups in total. The predicted octanol–water partition coefficient (Wildman–Crippen LogP) is -0.0925. The number of hydrogen-bond acceptors (Lipinski definition) is 5. The molecule has 0 amide bonds. The van der Waals surface area contributed by atoms with Gasteiger partial charge in [-0.15, -0.1) is 0 Å². The van der Waals surface area contributed by atoms with Crippen molar-refractivity contribution in [2.45, 2.75) is 18.9 Å². The van der Waals surface area contributed by atoms with Gasteiger partial charge in [0.2, 0.25) is 0 Å². The smallest absolute Gasteiger partial charge is 0.152 e. The van der Waals surface area contributed by atoms with Crippen molar-refractivity contribution in [3.63, 3.8) is 0 Å². The number of rotatable bonds is 2. The number of fused-ring (bicyclic) bond motifs is 1. The molecule has 1 aliphatic heterocycles. The molecule has 0 spiro atoms. The van der Waals surface area contributed by atoms with Crippen LogP contribution >= 0.6 is 0 Å². The van der Waals surface area contributed by atoms with Gasteiger partial charge in [0, 0.05) is 12.5 Å². The highest BCUT2D eigenvalue weighted by atomic mass is 16.3. The molecule has 17 heavy (non-hydrogen) atoms. The number of nitrogens with two attached hydrogens (primary N) is 1. The molecule has 3 rings (SSSR count). The van der Waals surface area contributed by atoms with Crippen LogP contribution in [0.2, 0.25) is 0 Å². The molecule has 2 heterocycles. The summed E-state index contributed by atoms with van der Waals surface area (Å²) in [5, 5.41) is 12.5. The Morgan fingerprint density at radius 1 is 1.35 bits per heavy atom. The first-order valence-corrected chi connectivity index (χ1v) is 6.20. The molecule has 1 aliphatic carbocycles. The topological polar surface area (TPSA) is 84.1 Å². The van der Waals surface area contributed by atoms with E-state index in [9.17, 15) is 0 Å². The monoisotopic (exact) mass is 234 g/mol. The molecule has 5 heteroatoms. The molecule has 1 unspecified atom stereocenters. The van der Waals surface area contributed by atoms with E-state index >= 15 is 0 Å². The molecule has 1 saturated heterocycles. The number of nitrogens with zero attached hydrogens (tertiary/aromatic N) is 2. The lowest BCUT2D eigenvalue weighted by molar-refractivity contribution is 0.403. The zero-order valence-corrected chi connectivity index (χ0v) is 9.71. The van der Waals surface area contributed by atoms with Crippen molar-refractivity contribution in [1.29, 1.82) is 0 Å². The van der Waals surface area contributed by atoms with Crippen molar-refractivity contribution in [1.82, 2.24) is 15.3 Å². The second kappa shape index (κ2) is 4.23. The van der Waals surface area contributed by atoms with Gasteiger partial charge in [0.1, 0.15) is 5.82 Å². The zero-order valence-electron chi connectivity index (χ0n) is 9.71. The Morgan fingerprint density at radius 2 is 2.12 bits per heavy atom. The second-order valence-electron chi connectivity index (χ2n) is 5.22. The highest BCUT2D eigenvalue weighted by molar-refractivity contribution is 5.10. The van der Waals surface area contributed by atoms with E-state index in [1.54, 1.807) is 0 Å². The van der Waals surface area contributed by atoms with Crippen LogP contribution in [0.3, 0.4) is 0 Å². The van der Waals surface area contributed by atoms with Gasteiger partial charge >= 0.3 is 0 Å². The van der Waals surface area contributed by atoms with Crippen molar-refractivity contribution in [2.75, 3.05) is 13.1 Å². The van der Waals surface area contributed by atoms with E-state index in [-0.39, 0.29) is 11.8 Å². The van der Waals surface area contributed by atoms with Crippen LogP contribution < -0.4 is 11.1 Å². The Morgan fingerprint density at radius 3 is 2.82 bits per heavy atom. The average Bonchev–Trinajstić information content (AvgIpc) is 2.87. The molecular weight excluding hydrogens is 216 g/mol. The van der Waals surface area contributed by atoms with E-state index in [0.717, 1.165) is 31.3 Å². The first kappa shape index (κ1) is 10.9. The Labute approximate surface area is 100 Å². The van der Waals surface area contributed by atoms with Crippen molar-refractivity contribution in [3.05, 3.63) is 18.2 Å². The van der Waals surface area contributed by atoms with Crippen LogP contribution in [0.5, 0.6) is 5.75 Å². The zero-order chi connectivity index (χ0) is 11.8. The normalized spacial score (nSPS) is 36.1. The fourth-order valence-corrected chi connectivity index (χ4v) is 3.26. The van der Waals surface area contributed by atoms with Gasteiger partial charge < -0.3 is 16.2 Å². The van der Waals surface area contributed by atoms with E-state index in [1.807, 2.05) is 0 Å². The van der Waals surface area contributed by atoms with Crippen LogP contribution in [-0.2, 0) is 6.42 Å². The molecule has 0 bridgehead atoms. The summed E-state index contributed by atoms with van der Waals surface area (Å²) in [7, 11) is 0. The van der Waals surface area contributed by atoms with Crippen LogP contribution in [0.1, 0.15) is 12.2 Å². The van der Waals surface area contributed by atoms with Crippen LogP contribution in [0.4, 0.5) is 0 Å². The van der Waals surface area contributed by atoms with Gasteiger partial charge in [0.25, 0.3) is 0 Å². The molecule has 2 aliphatic rings. The lowest BCUT2D eigenvalue weighted by atomic mass is 9.95. The van der Waals surface area contributed by atoms with Gasteiger partial charge in [-0.25, -0.2) is 9.97 Å². The number of nitrogens with one attached hydrogen (secondary N) is 1. The molecule has 5 nitrogen and oxygen atoms in total. The number of aromatic nitrogens is 2. The summed E-state index contributed by atoms with van der Waals surface area (Å²) in [4.78, 5) is 8.28. The summed E-state index contributed by atoms with van der Waals surface area (Å²) >= 11 is 0. The molecule has 0 radical (unpaired) electrons. The number of aromatic hydroxyl groups is 1. The van der Waals surface area contributed by atoms with Crippen molar-refractivity contribution in [2.24, 2.45) is 23.5 Å². The van der Waals surface area contributed by atoms with E-state index < -0.39 is 0 Å². The highest BCUT2D eigenvalue weighted by Gasteiger charge is 2.43. The molecule has 0 aromatic carbocycles. The first-order chi connectivity index (χ1) is 8.24. The van der Waals surface area contributed by atoms with E-state index in [0.29, 0.717) is 11.8 Å². The highest BCUT2D eigenvalue weighted by Crippen LogP contribution is 2.38. The third-order valence-corrected chi connectivity index (χ3v) is 4.17. The Balaban J connectivity index is 1.68. The Hall–Kier alpha value is -1.20. The Bertz CT molecular complexity index is 394. The maximum Gasteiger partial charge on any atom is 0.152 e. The third-order valence-electron chi connectivity index (χ3n) is 4.17. The molecule has 1 saturated carbocycles. The van der Waals surface area contributed by atoms with Crippen LogP contribution in [0.25, 0.3) is 0 Å². The van der Waals surface area contributed by atoms with Crippen LogP contribution in [0, 0.1) is 17.8 Å². The summed E-state index contributed by atoms with van der Waals surface area (Å²) in [5.41, 5.74) is 6.30. The van der Waals surface area contributed by atoms with Gasteiger partial charge in [-0.2, -0.15) is 0 Å². The third kappa shape index (κ3) is 2.00. The molecular formula is C12H18N4O. The second-order valence-corrected chi connectivity index (χ2v) is 5.22. The number of hydrogen-bond donors (Lipinski definition) is 3. The maximum absolute atomic E-state index is 9.14. The van der Waals surface area contributed by atoms with E-state index in [1.165, 1.54) is 18.8 Å². The Kier molecular flexibility index (Phi) is 2.72. The van der Waals surface area contributed by atoms with Crippen molar-refractivity contribution in [3.8, 4) is 5.75 Å². The molecule has 4 atom stereocenters. The minimum atomic E-state index is 0.116. The minimum Gasteiger partial charge on any atom is -0.505 e. The van der Waals surface area contributed by atoms with Gasteiger partial charge in [0.15, 0.2) is 5.75 Å². The maximum atomic E-state index is 9.14. The fourth-order valence-electron chi connectivity index (χ4n) is 3.26. The van der Waals surface area contributed by atoms with Crippen LogP contribution in [-0.4, -0.2) is 34.2 Å². The average molecular weight is 234 g/mol. The summed E-state index contributed by atoms with van der Waals surface area (Å²) in [5.74, 6) is 2.74. The van der Waals surface area contributed by atoms with Gasteiger partial charge in [0.05, 0.1) is 12.4 Å². The van der Waals surface area contributed by atoms with E-state index in [4.69, 9.17) is 10.8 Å². The lowest BCUT2D eigenvalue weighted by Gasteiger charge is -2.18. The summed E-state index contributed by atoms with van der Waals surface area (Å²) in [6, 6.07) is 0.257. The van der Waals surface area contributed by atoms with Gasteiger partial charge in [-0.3, -0.25) is 0 Å². The SMILES string of the molecule is N[C@@H]1C(Cc2ncc(O)cn2)C[C@@H]2CNC[C@@H]21. The largest absolute Gasteiger partial charge is 0.505 e.